The summed E-state index contributed by atoms with van der Waals surface area (Å²) in [6.07, 6.45) is 0.973. The summed E-state index contributed by atoms with van der Waals surface area (Å²) in [6.45, 7) is 2.16. The van der Waals surface area contributed by atoms with Crippen molar-refractivity contribution in [1.82, 2.24) is 0 Å². The molecule has 0 saturated carbocycles. The first-order chi connectivity index (χ1) is 10.0. The summed E-state index contributed by atoms with van der Waals surface area (Å²) in [5.41, 5.74) is 3.26. The molecule has 4 heteroatoms. The molecule has 2 aromatic carbocycles. The van der Waals surface area contributed by atoms with Crippen LogP contribution in [0.15, 0.2) is 42.5 Å². The second kappa shape index (κ2) is 7.06. The molecule has 0 radical (unpaired) electrons. The lowest BCUT2D eigenvalue weighted by molar-refractivity contribution is 0.749. The number of nitrogens with one attached hydrogen (secondary N) is 1. The van der Waals surface area contributed by atoms with E-state index in [9.17, 15) is 0 Å². The molecular formula is C17H20Cl2N2. The lowest BCUT2D eigenvalue weighted by atomic mass is 10.0. The first kappa shape index (κ1) is 16.0. The standard InChI is InChI=1S/C17H20Cl2N2/c1-4-15(12-8-10-13(18)11-9-12)20-16-7-5-6-14(19)17(16)21(2)3/h5-11,15,20H,4H2,1-3H3. The average molecular weight is 323 g/mol. The summed E-state index contributed by atoms with van der Waals surface area (Å²) in [5, 5.41) is 5.09. The van der Waals surface area contributed by atoms with Gasteiger partial charge in [0.05, 0.1) is 22.4 Å². The number of nitrogens with zero attached hydrogens (tertiary/aromatic N) is 1. The smallest absolute Gasteiger partial charge is 0.0786 e. The third kappa shape index (κ3) is 3.84. The summed E-state index contributed by atoms with van der Waals surface area (Å²) in [7, 11) is 3.99. The van der Waals surface area contributed by atoms with Crippen LogP contribution in [0.1, 0.15) is 24.9 Å². The van der Waals surface area contributed by atoms with E-state index < -0.39 is 0 Å². The predicted octanol–water partition coefficient (Wildman–Crippen LogP) is 5.62. The second-order valence-corrected chi connectivity index (χ2v) is 6.03. The normalized spacial score (nSPS) is 12.0. The molecule has 0 aliphatic rings. The zero-order valence-corrected chi connectivity index (χ0v) is 14.0. The largest absolute Gasteiger partial charge is 0.377 e. The van der Waals surface area contributed by atoms with Gasteiger partial charge in [-0.15, -0.1) is 0 Å². The Balaban J connectivity index is 2.31. The third-order valence-corrected chi connectivity index (χ3v) is 4.00. The van der Waals surface area contributed by atoms with Crippen molar-refractivity contribution in [1.29, 1.82) is 0 Å². The van der Waals surface area contributed by atoms with Crippen LogP contribution in [0, 0.1) is 0 Å². The van der Waals surface area contributed by atoms with Gasteiger partial charge in [-0.3, -0.25) is 0 Å². The molecule has 1 atom stereocenters. The second-order valence-electron chi connectivity index (χ2n) is 5.19. The van der Waals surface area contributed by atoms with Crippen LogP contribution in [0.2, 0.25) is 10.0 Å². The van der Waals surface area contributed by atoms with Crippen LogP contribution in [0.4, 0.5) is 11.4 Å². The fraction of sp³-hybridized carbons (Fsp3) is 0.294. The Labute approximate surface area is 136 Å². The highest BCUT2D eigenvalue weighted by atomic mass is 35.5. The first-order valence-electron chi connectivity index (χ1n) is 7.00. The quantitative estimate of drug-likeness (QED) is 0.768. The van der Waals surface area contributed by atoms with E-state index in [4.69, 9.17) is 23.2 Å². The molecule has 0 bridgehead atoms. The Hall–Kier alpha value is -1.38. The number of anilines is 2. The van der Waals surface area contributed by atoms with Gasteiger partial charge in [0.1, 0.15) is 0 Å². The molecule has 0 aromatic heterocycles. The SMILES string of the molecule is CCC(Nc1cccc(Cl)c1N(C)C)c1ccc(Cl)cc1. The van der Waals surface area contributed by atoms with E-state index in [0.29, 0.717) is 0 Å². The minimum atomic E-state index is 0.222. The van der Waals surface area contributed by atoms with Gasteiger partial charge in [0.2, 0.25) is 0 Å². The van der Waals surface area contributed by atoms with Gasteiger partial charge in [-0.25, -0.2) is 0 Å². The third-order valence-electron chi connectivity index (χ3n) is 3.44. The molecule has 112 valence electrons. The van der Waals surface area contributed by atoms with Crippen molar-refractivity contribution >= 4 is 34.6 Å². The van der Waals surface area contributed by atoms with Gasteiger partial charge in [0.15, 0.2) is 0 Å². The molecule has 0 aliphatic heterocycles. The maximum absolute atomic E-state index is 6.32. The summed E-state index contributed by atoms with van der Waals surface area (Å²) >= 11 is 12.3. The molecular weight excluding hydrogens is 303 g/mol. The van der Waals surface area contributed by atoms with E-state index in [0.717, 1.165) is 27.8 Å². The van der Waals surface area contributed by atoms with Crippen LogP contribution < -0.4 is 10.2 Å². The summed E-state index contributed by atoms with van der Waals surface area (Å²) < 4.78 is 0. The molecule has 2 rings (SSSR count). The van der Waals surface area contributed by atoms with E-state index in [-0.39, 0.29) is 6.04 Å². The number of benzene rings is 2. The monoisotopic (exact) mass is 322 g/mol. The Kier molecular flexibility index (Phi) is 5.38. The van der Waals surface area contributed by atoms with Gasteiger partial charge in [-0.05, 0) is 36.2 Å². The van der Waals surface area contributed by atoms with Crippen LogP contribution in [-0.4, -0.2) is 14.1 Å². The number of halogens is 2. The lowest BCUT2D eigenvalue weighted by Crippen LogP contribution is -2.15. The molecule has 1 unspecified atom stereocenters. The van der Waals surface area contributed by atoms with Crippen LogP contribution in [0.5, 0.6) is 0 Å². The topological polar surface area (TPSA) is 15.3 Å². The number of rotatable bonds is 5. The van der Waals surface area contributed by atoms with Crippen molar-refractivity contribution in [3.8, 4) is 0 Å². The van der Waals surface area contributed by atoms with Crippen molar-refractivity contribution in [2.75, 3.05) is 24.3 Å². The van der Waals surface area contributed by atoms with Crippen molar-refractivity contribution in [3.63, 3.8) is 0 Å². The fourth-order valence-corrected chi connectivity index (χ4v) is 2.86. The number of hydrogen-bond acceptors (Lipinski definition) is 2. The van der Waals surface area contributed by atoms with E-state index in [2.05, 4.69) is 30.4 Å². The van der Waals surface area contributed by atoms with Crippen LogP contribution >= 0.6 is 23.2 Å². The molecule has 0 saturated heterocycles. The molecule has 2 aromatic rings. The van der Waals surface area contributed by atoms with Gasteiger partial charge in [0.25, 0.3) is 0 Å². The van der Waals surface area contributed by atoms with Gasteiger partial charge in [0, 0.05) is 19.1 Å². The molecule has 0 fully saturated rings. The number of para-hydroxylation sites is 1. The summed E-state index contributed by atoms with van der Waals surface area (Å²) in [5.74, 6) is 0. The molecule has 2 nitrogen and oxygen atoms in total. The number of hydrogen-bond donors (Lipinski definition) is 1. The lowest BCUT2D eigenvalue weighted by Gasteiger charge is -2.24. The zero-order valence-electron chi connectivity index (χ0n) is 12.5. The Morgan fingerprint density at radius 1 is 1.05 bits per heavy atom. The Morgan fingerprint density at radius 2 is 1.71 bits per heavy atom. The van der Waals surface area contributed by atoms with Crippen molar-refractivity contribution in [2.24, 2.45) is 0 Å². The predicted molar refractivity (Wildman–Crippen MR) is 93.9 cm³/mol. The highest BCUT2D eigenvalue weighted by Crippen LogP contribution is 2.35. The molecule has 0 heterocycles. The summed E-state index contributed by atoms with van der Waals surface area (Å²) in [4.78, 5) is 2.03. The molecule has 0 spiro atoms. The first-order valence-corrected chi connectivity index (χ1v) is 7.76. The van der Waals surface area contributed by atoms with Crippen LogP contribution in [-0.2, 0) is 0 Å². The van der Waals surface area contributed by atoms with Gasteiger partial charge in [-0.1, -0.05) is 48.3 Å². The Morgan fingerprint density at radius 3 is 2.29 bits per heavy atom. The highest BCUT2D eigenvalue weighted by molar-refractivity contribution is 6.34. The van der Waals surface area contributed by atoms with Crippen molar-refractivity contribution in [3.05, 3.63) is 58.1 Å². The van der Waals surface area contributed by atoms with Gasteiger partial charge >= 0.3 is 0 Å². The molecule has 0 aliphatic carbocycles. The molecule has 21 heavy (non-hydrogen) atoms. The average Bonchev–Trinajstić information content (AvgIpc) is 2.45. The zero-order chi connectivity index (χ0) is 15.4. The van der Waals surface area contributed by atoms with Gasteiger partial charge in [-0.2, -0.15) is 0 Å². The minimum Gasteiger partial charge on any atom is -0.377 e. The van der Waals surface area contributed by atoms with E-state index in [1.54, 1.807) is 0 Å². The van der Waals surface area contributed by atoms with Crippen LogP contribution in [0.25, 0.3) is 0 Å². The van der Waals surface area contributed by atoms with Crippen molar-refractivity contribution in [2.45, 2.75) is 19.4 Å². The maximum atomic E-state index is 6.32. The maximum Gasteiger partial charge on any atom is 0.0786 e. The van der Waals surface area contributed by atoms with Gasteiger partial charge < -0.3 is 10.2 Å². The van der Waals surface area contributed by atoms with Crippen LogP contribution in [0.3, 0.4) is 0 Å². The van der Waals surface area contributed by atoms with E-state index >= 15 is 0 Å². The fourth-order valence-electron chi connectivity index (χ4n) is 2.39. The van der Waals surface area contributed by atoms with E-state index in [1.807, 2.05) is 43.3 Å². The molecule has 0 amide bonds. The van der Waals surface area contributed by atoms with Crippen molar-refractivity contribution < 1.29 is 0 Å². The highest BCUT2D eigenvalue weighted by Gasteiger charge is 2.14. The molecule has 1 N–H and O–H groups in total. The Bertz CT molecular complexity index is 594. The minimum absolute atomic E-state index is 0.222. The summed E-state index contributed by atoms with van der Waals surface area (Å²) in [6, 6.07) is 14.1. The van der Waals surface area contributed by atoms with E-state index in [1.165, 1.54) is 5.56 Å².